The molecule has 28 heavy (non-hydrogen) atoms. The van der Waals surface area contributed by atoms with Gasteiger partial charge in [0.25, 0.3) is 5.91 Å². The zero-order valence-corrected chi connectivity index (χ0v) is 15.5. The van der Waals surface area contributed by atoms with Crippen molar-refractivity contribution in [1.82, 2.24) is 4.90 Å². The molecule has 0 spiro atoms. The van der Waals surface area contributed by atoms with Crippen LogP contribution < -0.4 is 5.32 Å². The van der Waals surface area contributed by atoms with Crippen LogP contribution >= 0.6 is 0 Å². The molecule has 1 amide bonds. The van der Waals surface area contributed by atoms with E-state index < -0.39 is 17.6 Å². The average Bonchev–Trinajstić information content (AvgIpc) is 2.60. The summed E-state index contributed by atoms with van der Waals surface area (Å²) in [5.41, 5.74) is -0.142. The summed E-state index contributed by atoms with van der Waals surface area (Å²) in [6.07, 6.45) is -4.85. The van der Waals surface area contributed by atoms with Crippen molar-refractivity contribution in [2.45, 2.75) is 13.1 Å². The summed E-state index contributed by atoms with van der Waals surface area (Å²) in [7, 11) is 3.25. The molecule has 3 rings (SSSR count). The highest BCUT2D eigenvalue weighted by Gasteiger charge is 2.37. The number of hydrogen-bond donors (Lipinski definition) is 1. The number of nitrogens with one attached hydrogen (secondary N) is 1. The Labute approximate surface area is 159 Å². The van der Waals surface area contributed by atoms with Crippen molar-refractivity contribution in [2.75, 3.05) is 19.4 Å². The lowest BCUT2D eigenvalue weighted by Gasteiger charge is -2.19. The Balaban J connectivity index is 2.20. The fourth-order valence-electron chi connectivity index (χ4n) is 3.18. The molecular formula is C21H18F4N2O. The van der Waals surface area contributed by atoms with Gasteiger partial charge in [0, 0.05) is 30.7 Å². The molecule has 1 N–H and O–H groups in total. The fraction of sp³-hybridized carbons (Fsp3) is 0.190. The normalized spacial score (nSPS) is 11.5. The Bertz CT molecular complexity index is 1060. The van der Waals surface area contributed by atoms with Gasteiger partial charge in [0.15, 0.2) is 0 Å². The van der Waals surface area contributed by atoms with E-state index in [1.54, 1.807) is 32.3 Å². The van der Waals surface area contributed by atoms with Crippen molar-refractivity contribution in [3.8, 4) is 0 Å². The molecule has 0 aromatic heterocycles. The summed E-state index contributed by atoms with van der Waals surface area (Å²) < 4.78 is 53.8. The number of rotatable bonds is 3. The fourth-order valence-corrected chi connectivity index (χ4v) is 3.18. The second kappa shape index (κ2) is 7.14. The summed E-state index contributed by atoms with van der Waals surface area (Å²) >= 11 is 0. The van der Waals surface area contributed by atoms with E-state index in [1.165, 1.54) is 23.1 Å². The molecular weight excluding hydrogens is 372 g/mol. The van der Waals surface area contributed by atoms with E-state index in [1.807, 2.05) is 13.0 Å². The molecule has 3 aromatic carbocycles. The monoisotopic (exact) mass is 390 g/mol. The van der Waals surface area contributed by atoms with Crippen LogP contribution in [0.5, 0.6) is 0 Å². The van der Waals surface area contributed by atoms with E-state index in [0.717, 1.165) is 11.6 Å². The van der Waals surface area contributed by atoms with E-state index in [-0.39, 0.29) is 11.6 Å². The summed E-state index contributed by atoms with van der Waals surface area (Å²) in [6, 6.07) is 11.5. The van der Waals surface area contributed by atoms with Gasteiger partial charge in [-0.25, -0.2) is 4.39 Å². The first-order valence-corrected chi connectivity index (χ1v) is 8.48. The minimum atomic E-state index is -4.85. The molecule has 0 aliphatic carbocycles. The van der Waals surface area contributed by atoms with Crippen LogP contribution in [0.2, 0.25) is 0 Å². The van der Waals surface area contributed by atoms with Gasteiger partial charge in [-0.05, 0) is 42.1 Å². The molecule has 0 atom stereocenters. The zero-order valence-electron chi connectivity index (χ0n) is 15.5. The van der Waals surface area contributed by atoms with Gasteiger partial charge < -0.3 is 10.2 Å². The van der Waals surface area contributed by atoms with Crippen LogP contribution in [0.4, 0.5) is 28.9 Å². The Kier molecular flexibility index (Phi) is 5.02. The zero-order chi connectivity index (χ0) is 20.6. The van der Waals surface area contributed by atoms with Crippen molar-refractivity contribution < 1.29 is 22.4 Å². The smallest absolute Gasteiger partial charge is 0.354 e. The third-order valence-electron chi connectivity index (χ3n) is 4.45. The highest BCUT2D eigenvalue weighted by Crippen LogP contribution is 2.39. The van der Waals surface area contributed by atoms with Crippen molar-refractivity contribution in [3.05, 3.63) is 71.0 Å². The van der Waals surface area contributed by atoms with Gasteiger partial charge in [0.2, 0.25) is 0 Å². The Morgan fingerprint density at radius 2 is 1.64 bits per heavy atom. The predicted molar refractivity (Wildman–Crippen MR) is 101 cm³/mol. The molecule has 146 valence electrons. The van der Waals surface area contributed by atoms with Gasteiger partial charge in [-0.1, -0.05) is 24.3 Å². The van der Waals surface area contributed by atoms with E-state index in [4.69, 9.17) is 0 Å². The number of amides is 1. The largest absolute Gasteiger partial charge is 0.421 e. The van der Waals surface area contributed by atoms with Crippen LogP contribution in [0.3, 0.4) is 0 Å². The topological polar surface area (TPSA) is 32.3 Å². The molecule has 3 nitrogen and oxygen atoms in total. The van der Waals surface area contributed by atoms with E-state index >= 15 is 0 Å². The second-order valence-electron chi connectivity index (χ2n) is 6.64. The molecule has 0 bridgehead atoms. The number of carbonyl (C=O) groups is 1. The van der Waals surface area contributed by atoms with Crippen molar-refractivity contribution >= 4 is 28.1 Å². The van der Waals surface area contributed by atoms with Crippen LogP contribution in [-0.2, 0) is 6.18 Å². The lowest BCUT2D eigenvalue weighted by molar-refractivity contribution is -0.139. The standard InChI is InChI=1S/C21H18F4N2O/c1-12-6-4-7-13-16(11-10-14(18(12)13)20(28)27(2)3)26-17-9-5-8-15(22)19(17)21(23,24)25/h4-11,26H,1-3H3. The van der Waals surface area contributed by atoms with Gasteiger partial charge in [0.1, 0.15) is 11.4 Å². The molecule has 0 saturated heterocycles. The SMILES string of the molecule is Cc1cccc2c(Nc3cccc(F)c3C(F)(F)F)ccc(C(=O)N(C)C)c12. The van der Waals surface area contributed by atoms with Gasteiger partial charge >= 0.3 is 6.18 Å². The molecule has 0 aliphatic rings. The second-order valence-corrected chi connectivity index (χ2v) is 6.64. The quantitative estimate of drug-likeness (QED) is 0.578. The number of halogens is 4. The number of alkyl halides is 3. The molecule has 0 aliphatic heterocycles. The van der Waals surface area contributed by atoms with Gasteiger partial charge in [-0.2, -0.15) is 13.2 Å². The number of fused-ring (bicyclic) bond motifs is 1. The van der Waals surface area contributed by atoms with Crippen LogP contribution in [-0.4, -0.2) is 24.9 Å². The van der Waals surface area contributed by atoms with Crippen molar-refractivity contribution in [3.63, 3.8) is 0 Å². The first kappa shape index (κ1) is 19.7. The summed E-state index contributed by atoms with van der Waals surface area (Å²) in [5.74, 6) is -1.56. The van der Waals surface area contributed by atoms with Crippen LogP contribution in [0.15, 0.2) is 48.5 Å². The maximum Gasteiger partial charge on any atom is 0.421 e. The minimum absolute atomic E-state index is 0.215. The Hall–Kier alpha value is -3.09. The van der Waals surface area contributed by atoms with E-state index in [0.29, 0.717) is 22.0 Å². The molecule has 0 heterocycles. The minimum Gasteiger partial charge on any atom is -0.354 e. The summed E-state index contributed by atoms with van der Waals surface area (Å²) in [5, 5.41) is 3.91. The third kappa shape index (κ3) is 3.52. The van der Waals surface area contributed by atoms with Crippen LogP contribution in [0.1, 0.15) is 21.5 Å². The number of hydrogen-bond acceptors (Lipinski definition) is 2. The number of benzene rings is 3. The summed E-state index contributed by atoms with van der Waals surface area (Å²) in [4.78, 5) is 14.0. The lowest BCUT2D eigenvalue weighted by Crippen LogP contribution is -2.22. The molecule has 0 saturated carbocycles. The molecule has 0 unspecified atom stereocenters. The number of carbonyl (C=O) groups excluding carboxylic acids is 1. The maximum atomic E-state index is 13.9. The van der Waals surface area contributed by atoms with Crippen molar-refractivity contribution in [1.29, 1.82) is 0 Å². The third-order valence-corrected chi connectivity index (χ3v) is 4.45. The lowest BCUT2D eigenvalue weighted by atomic mass is 9.97. The van der Waals surface area contributed by atoms with E-state index in [9.17, 15) is 22.4 Å². The molecule has 0 fully saturated rings. The van der Waals surface area contributed by atoms with Crippen LogP contribution in [0.25, 0.3) is 10.8 Å². The average molecular weight is 390 g/mol. The van der Waals surface area contributed by atoms with E-state index in [2.05, 4.69) is 5.32 Å². The summed E-state index contributed by atoms with van der Waals surface area (Å²) in [6.45, 7) is 1.82. The molecule has 0 radical (unpaired) electrons. The van der Waals surface area contributed by atoms with Gasteiger partial charge in [-0.15, -0.1) is 0 Å². The predicted octanol–water partition coefficient (Wildman–Crippen LogP) is 5.75. The highest BCUT2D eigenvalue weighted by molar-refractivity contribution is 6.11. The van der Waals surface area contributed by atoms with Gasteiger partial charge in [0.05, 0.1) is 5.69 Å². The molecule has 3 aromatic rings. The first-order chi connectivity index (χ1) is 13.1. The molecule has 7 heteroatoms. The van der Waals surface area contributed by atoms with Gasteiger partial charge in [-0.3, -0.25) is 4.79 Å². The number of nitrogens with zero attached hydrogens (tertiary/aromatic N) is 1. The Morgan fingerprint density at radius 3 is 2.29 bits per heavy atom. The highest BCUT2D eigenvalue weighted by atomic mass is 19.4. The first-order valence-electron chi connectivity index (χ1n) is 8.48. The number of aryl methyl sites for hydroxylation is 1. The van der Waals surface area contributed by atoms with Crippen molar-refractivity contribution in [2.24, 2.45) is 0 Å². The number of anilines is 2. The maximum absolute atomic E-state index is 13.9. The Morgan fingerprint density at radius 1 is 0.964 bits per heavy atom. The van der Waals surface area contributed by atoms with Crippen LogP contribution in [0, 0.1) is 12.7 Å².